The molecule has 4 heteroatoms. The van der Waals surface area contributed by atoms with E-state index >= 15 is 0 Å². The second-order valence-electron chi connectivity index (χ2n) is 3.55. The van der Waals surface area contributed by atoms with Crippen LogP contribution in [0.5, 0.6) is 0 Å². The zero-order chi connectivity index (χ0) is 12.4. The van der Waals surface area contributed by atoms with Gasteiger partial charge in [-0.05, 0) is 58.0 Å². The van der Waals surface area contributed by atoms with E-state index < -0.39 is 0 Å². The van der Waals surface area contributed by atoms with Gasteiger partial charge in [0.2, 0.25) is 0 Å². The number of rotatable bonds is 2. The van der Waals surface area contributed by atoms with Crippen LogP contribution in [0, 0.1) is 3.57 Å². The number of hydrogen-bond acceptors (Lipinski definition) is 0. The summed E-state index contributed by atoms with van der Waals surface area (Å²) in [5.74, 6) is 0. The van der Waals surface area contributed by atoms with E-state index in [9.17, 15) is 0 Å². The van der Waals surface area contributed by atoms with Crippen molar-refractivity contribution in [3.8, 4) is 0 Å². The highest BCUT2D eigenvalue weighted by Crippen LogP contribution is 2.37. The Morgan fingerprint density at radius 2 is 1.71 bits per heavy atom. The molecule has 0 bridgehead atoms. The molecule has 2 aromatic carbocycles. The van der Waals surface area contributed by atoms with Crippen LogP contribution in [0.3, 0.4) is 0 Å². The van der Waals surface area contributed by atoms with Gasteiger partial charge in [-0.2, -0.15) is 0 Å². The van der Waals surface area contributed by atoms with Crippen LogP contribution >= 0.6 is 66.1 Å². The monoisotopic (exact) mass is 484 g/mol. The van der Waals surface area contributed by atoms with Crippen molar-refractivity contribution in [1.82, 2.24) is 0 Å². The maximum atomic E-state index is 6.56. The van der Waals surface area contributed by atoms with E-state index in [0.29, 0.717) is 0 Å². The average molecular weight is 486 g/mol. The Morgan fingerprint density at radius 1 is 1.00 bits per heavy atom. The lowest BCUT2D eigenvalue weighted by Gasteiger charge is -2.14. The molecular formula is C13H8Br2ClI. The Labute approximate surface area is 136 Å². The minimum absolute atomic E-state index is 0.144. The summed E-state index contributed by atoms with van der Waals surface area (Å²) in [6.07, 6.45) is 0. The minimum atomic E-state index is -0.144. The third-order valence-electron chi connectivity index (χ3n) is 2.41. The molecule has 0 amide bonds. The highest BCUT2D eigenvalue weighted by Gasteiger charge is 2.16. The first-order chi connectivity index (χ1) is 8.09. The molecule has 17 heavy (non-hydrogen) atoms. The van der Waals surface area contributed by atoms with E-state index in [-0.39, 0.29) is 5.38 Å². The maximum Gasteiger partial charge on any atom is 0.0856 e. The molecule has 1 unspecified atom stereocenters. The lowest BCUT2D eigenvalue weighted by molar-refractivity contribution is 1.11. The molecule has 2 rings (SSSR count). The predicted octanol–water partition coefficient (Wildman–Crippen LogP) is 6.14. The van der Waals surface area contributed by atoms with Crippen molar-refractivity contribution >= 4 is 66.1 Å². The molecule has 0 saturated heterocycles. The topological polar surface area (TPSA) is 0 Å². The first kappa shape index (κ1) is 13.8. The zero-order valence-corrected chi connectivity index (χ0v) is 14.7. The second-order valence-corrected chi connectivity index (χ2v) is 6.92. The summed E-state index contributed by atoms with van der Waals surface area (Å²) in [7, 11) is 0. The van der Waals surface area contributed by atoms with Crippen molar-refractivity contribution in [3.05, 3.63) is 66.1 Å². The van der Waals surface area contributed by atoms with Crippen molar-refractivity contribution in [3.63, 3.8) is 0 Å². The Hall–Kier alpha value is 0.420. The van der Waals surface area contributed by atoms with E-state index in [1.807, 2.05) is 30.3 Å². The first-order valence-electron chi connectivity index (χ1n) is 4.93. The standard InChI is InChI=1S/C13H8Br2ClI/c14-8-5-6-11(15)10(7-8)13(16)9-3-1-2-4-12(9)17/h1-7,13H. The molecule has 0 aromatic heterocycles. The molecule has 0 spiro atoms. The molecule has 0 saturated carbocycles. The van der Waals surface area contributed by atoms with Crippen LogP contribution in [-0.2, 0) is 0 Å². The van der Waals surface area contributed by atoms with Crippen LogP contribution in [0.2, 0.25) is 0 Å². The zero-order valence-electron chi connectivity index (χ0n) is 8.63. The fourth-order valence-electron chi connectivity index (χ4n) is 1.56. The number of hydrogen-bond donors (Lipinski definition) is 0. The highest BCUT2D eigenvalue weighted by molar-refractivity contribution is 14.1. The van der Waals surface area contributed by atoms with Crippen LogP contribution in [0.4, 0.5) is 0 Å². The van der Waals surface area contributed by atoms with Gasteiger partial charge in [-0.3, -0.25) is 0 Å². The quantitative estimate of drug-likeness (QED) is 0.353. The van der Waals surface area contributed by atoms with Crippen molar-refractivity contribution < 1.29 is 0 Å². The summed E-state index contributed by atoms with van der Waals surface area (Å²) in [4.78, 5) is 0. The van der Waals surface area contributed by atoms with Crippen LogP contribution in [0.1, 0.15) is 16.5 Å². The van der Waals surface area contributed by atoms with E-state index in [2.05, 4.69) is 66.6 Å². The Balaban J connectivity index is 2.47. The molecule has 0 aliphatic carbocycles. The molecule has 0 aliphatic rings. The average Bonchev–Trinajstić information content (AvgIpc) is 2.32. The fourth-order valence-corrected chi connectivity index (χ4v) is 3.80. The predicted molar refractivity (Wildman–Crippen MR) is 88.7 cm³/mol. The van der Waals surface area contributed by atoms with Gasteiger partial charge in [0.05, 0.1) is 5.38 Å². The summed E-state index contributed by atoms with van der Waals surface area (Å²) >= 11 is 15.9. The summed E-state index contributed by atoms with van der Waals surface area (Å²) < 4.78 is 3.24. The van der Waals surface area contributed by atoms with Gasteiger partial charge in [0.15, 0.2) is 0 Å². The van der Waals surface area contributed by atoms with Crippen molar-refractivity contribution in [2.75, 3.05) is 0 Å². The fraction of sp³-hybridized carbons (Fsp3) is 0.0769. The summed E-state index contributed by atoms with van der Waals surface area (Å²) in [5.41, 5.74) is 2.21. The van der Waals surface area contributed by atoms with Crippen LogP contribution < -0.4 is 0 Å². The van der Waals surface area contributed by atoms with Crippen LogP contribution in [-0.4, -0.2) is 0 Å². The normalized spacial score (nSPS) is 12.5. The van der Waals surface area contributed by atoms with Gasteiger partial charge in [0.25, 0.3) is 0 Å². The molecule has 2 aromatic rings. The molecule has 1 atom stereocenters. The van der Waals surface area contributed by atoms with Gasteiger partial charge >= 0.3 is 0 Å². The largest absolute Gasteiger partial charge is 0.113 e. The van der Waals surface area contributed by atoms with Gasteiger partial charge < -0.3 is 0 Å². The molecular weight excluding hydrogens is 478 g/mol. The van der Waals surface area contributed by atoms with E-state index in [4.69, 9.17) is 11.6 Å². The first-order valence-corrected chi connectivity index (χ1v) is 8.03. The lowest BCUT2D eigenvalue weighted by atomic mass is 10.0. The molecule has 88 valence electrons. The SMILES string of the molecule is ClC(c1cc(Br)ccc1Br)c1ccccc1I. The Kier molecular flexibility index (Phi) is 4.92. The number of halogens is 4. The van der Waals surface area contributed by atoms with Gasteiger partial charge in [-0.1, -0.05) is 50.1 Å². The van der Waals surface area contributed by atoms with Crippen molar-refractivity contribution in [1.29, 1.82) is 0 Å². The molecule has 0 aliphatic heterocycles. The van der Waals surface area contributed by atoms with E-state index in [1.54, 1.807) is 0 Å². The lowest BCUT2D eigenvalue weighted by Crippen LogP contribution is -1.97. The number of alkyl halides is 1. The van der Waals surface area contributed by atoms with E-state index in [1.165, 1.54) is 3.57 Å². The summed E-state index contributed by atoms with van der Waals surface area (Å²) in [6, 6.07) is 14.2. The van der Waals surface area contributed by atoms with Crippen molar-refractivity contribution in [2.24, 2.45) is 0 Å². The van der Waals surface area contributed by atoms with Gasteiger partial charge in [-0.15, -0.1) is 11.6 Å². The molecule has 0 N–H and O–H groups in total. The third-order valence-corrected chi connectivity index (χ3v) is 5.08. The van der Waals surface area contributed by atoms with Crippen LogP contribution in [0.15, 0.2) is 51.4 Å². The molecule has 0 heterocycles. The number of benzene rings is 2. The molecule has 0 radical (unpaired) electrons. The highest BCUT2D eigenvalue weighted by atomic mass is 127. The minimum Gasteiger partial charge on any atom is -0.113 e. The van der Waals surface area contributed by atoms with Gasteiger partial charge in [0, 0.05) is 12.5 Å². The Morgan fingerprint density at radius 3 is 2.41 bits per heavy atom. The van der Waals surface area contributed by atoms with Gasteiger partial charge in [0.1, 0.15) is 0 Å². The maximum absolute atomic E-state index is 6.56. The van der Waals surface area contributed by atoms with Crippen LogP contribution in [0.25, 0.3) is 0 Å². The second kappa shape index (κ2) is 6.04. The molecule has 0 nitrogen and oxygen atoms in total. The van der Waals surface area contributed by atoms with Crippen molar-refractivity contribution in [2.45, 2.75) is 5.38 Å². The smallest absolute Gasteiger partial charge is 0.0856 e. The van der Waals surface area contributed by atoms with Gasteiger partial charge in [-0.25, -0.2) is 0 Å². The Bertz CT molecular complexity index is 543. The van der Waals surface area contributed by atoms with E-state index in [0.717, 1.165) is 20.1 Å². The molecule has 0 fully saturated rings. The summed E-state index contributed by atoms with van der Waals surface area (Å²) in [6.45, 7) is 0. The third kappa shape index (κ3) is 3.25. The summed E-state index contributed by atoms with van der Waals surface area (Å²) in [5, 5.41) is -0.144.